The van der Waals surface area contributed by atoms with E-state index in [2.05, 4.69) is 0 Å². The zero-order valence-electron chi connectivity index (χ0n) is 12.1. The van der Waals surface area contributed by atoms with Crippen molar-refractivity contribution in [2.75, 3.05) is 13.1 Å². The Morgan fingerprint density at radius 1 is 1.33 bits per heavy atom. The Kier molecular flexibility index (Phi) is 3.89. The number of piperazine rings is 1. The summed E-state index contributed by atoms with van der Waals surface area (Å²) in [5.41, 5.74) is 0.929. The quantitative estimate of drug-likeness (QED) is 0.839. The zero-order valence-corrected chi connectivity index (χ0v) is 12.8. The van der Waals surface area contributed by atoms with Gasteiger partial charge in [-0.3, -0.25) is 9.59 Å². The van der Waals surface area contributed by atoms with Crippen molar-refractivity contribution in [2.24, 2.45) is 0 Å². The van der Waals surface area contributed by atoms with E-state index in [9.17, 15) is 9.59 Å². The molecule has 2 heterocycles. The highest BCUT2D eigenvalue weighted by Crippen LogP contribution is 2.26. The van der Waals surface area contributed by atoms with E-state index < -0.39 is 0 Å². The number of hydrogen-bond donors (Lipinski definition) is 0. The maximum Gasteiger partial charge on any atom is 0.245 e. The predicted molar refractivity (Wildman–Crippen MR) is 81.1 cm³/mol. The van der Waals surface area contributed by atoms with Gasteiger partial charge in [-0.1, -0.05) is 23.7 Å². The minimum atomic E-state index is -0.348. The van der Waals surface area contributed by atoms with E-state index in [1.54, 1.807) is 17.0 Å². The van der Waals surface area contributed by atoms with Gasteiger partial charge in [0.05, 0.1) is 6.42 Å². The molecule has 1 aromatic rings. The molecule has 0 aromatic heterocycles. The monoisotopic (exact) mass is 306 g/mol. The summed E-state index contributed by atoms with van der Waals surface area (Å²) in [7, 11) is 0. The van der Waals surface area contributed by atoms with E-state index in [1.807, 2.05) is 24.0 Å². The molecule has 112 valence electrons. The number of amides is 2. The van der Waals surface area contributed by atoms with Crippen LogP contribution in [0.3, 0.4) is 0 Å². The van der Waals surface area contributed by atoms with Gasteiger partial charge in [-0.2, -0.15) is 0 Å². The summed E-state index contributed by atoms with van der Waals surface area (Å²) in [4.78, 5) is 28.5. The number of benzene rings is 1. The second kappa shape index (κ2) is 5.68. The largest absolute Gasteiger partial charge is 0.336 e. The van der Waals surface area contributed by atoms with Crippen molar-refractivity contribution in [2.45, 2.75) is 38.3 Å². The lowest BCUT2D eigenvalue weighted by molar-refractivity contribution is -0.152. The van der Waals surface area contributed by atoms with E-state index in [0.29, 0.717) is 18.0 Å². The molecule has 21 heavy (non-hydrogen) atoms. The van der Waals surface area contributed by atoms with Crippen LogP contribution in [0.25, 0.3) is 0 Å². The van der Waals surface area contributed by atoms with Crippen molar-refractivity contribution in [3.63, 3.8) is 0 Å². The number of nitrogens with zero attached hydrogens (tertiary/aromatic N) is 2. The zero-order chi connectivity index (χ0) is 15.0. The molecule has 1 aromatic carbocycles. The third-order valence-corrected chi connectivity index (χ3v) is 4.73. The summed E-state index contributed by atoms with van der Waals surface area (Å²) in [6, 6.07) is 7.15. The van der Waals surface area contributed by atoms with Crippen LogP contribution in [-0.4, -0.2) is 46.8 Å². The van der Waals surface area contributed by atoms with Gasteiger partial charge in [0, 0.05) is 24.2 Å². The number of hydrogen-bond acceptors (Lipinski definition) is 2. The molecule has 0 N–H and O–H groups in total. The van der Waals surface area contributed by atoms with Crippen LogP contribution in [0.1, 0.15) is 25.3 Å². The first-order chi connectivity index (χ1) is 10.1. The number of fused-ring (bicyclic) bond motifs is 1. The van der Waals surface area contributed by atoms with Gasteiger partial charge in [-0.15, -0.1) is 0 Å². The number of carbonyl (C=O) groups is 2. The normalized spacial score (nSPS) is 25.1. The van der Waals surface area contributed by atoms with Crippen LogP contribution in [0.5, 0.6) is 0 Å². The molecule has 0 unspecified atom stereocenters. The molecule has 0 bridgehead atoms. The smallest absolute Gasteiger partial charge is 0.245 e. The van der Waals surface area contributed by atoms with E-state index >= 15 is 0 Å². The maximum absolute atomic E-state index is 12.5. The number of carbonyl (C=O) groups excluding carboxylic acids is 2. The average Bonchev–Trinajstić information content (AvgIpc) is 2.94. The molecule has 2 fully saturated rings. The number of halogens is 1. The SMILES string of the molecule is C[C@H]1C(=O)N2CCC[C@H]2CN1C(=O)Cc1ccc(Cl)cc1. The van der Waals surface area contributed by atoms with Crippen LogP contribution in [0.2, 0.25) is 5.02 Å². The molecule has 4 nitrogen and oxygen atoms in total. The standard InChI is InChI=1S/C16H19ClN2O2/c1-11-16(21)18-8-2-3-14(18)10-19(11)15(20)9-12-4-6-13(17)7-5-12/h4-7,11,14H,2-3,8-10H2,1H3/t11-,14-/m0/s1. The van der Waals surface area contributed by atoms with E-state index in [-0.39, 0.29) is 23.9 Å². The first-order valence-corrected chi connectivity index (χ1v) is 7.78. The average molecular weight is 307 g/mol. The summed E-state index contributed by atoms with van der Waals surface area (Å²) in [5, 5.41) is 0.661. The lowest BCUT2D eigenvalue weighted by Crippen LogP contribution is -2.60. The van der Waals surface area contributed by atoms with Crippen molar-refractivity contribution in [1.29, 1.82) is 0 Å². The summed E-state index contributed by atoms with van der Waals surface area (Å²) >= 11 is 5.85. The Labute approximate surface area is 129 Å². The Hall–Kier alpha value is -1.55. The molecule has 0 radical (unpaired) electrons. The molecule has 0 spiro atoms. The van der Waals surface area contributed by atoms with Gasteiger partial charge in [-0.25, -0.2) is 0 Å². The molecule has 0 aliphatic carbocycles. The summed E-state index contributed by atoms with van der Waals surface area (Å²) in [5.74, 6) is 0.109. The fraction of sp³-hybridized carbons (Fsp3) is 0.500. The fourth-order valence-electron chi connectivity index (χ4n) is 3.27. The van der Waals surface area contributed by atoms with Gasteiger partial charge in [0.25, 0.3) is 0 Å². The summed E-state index contributed by atoms with van der Waals surface area (Å²) in [6.07, 6.45) is 2.37. The van der Waals surface area contributed by atoms with Crippen LogP contribution >= 0.6 is 11.6 Å². The van der Waals surface area contributed by atoms with Gasteiger partial charge in [0.1, 0.15) is 6.04 Å². The first kappa shape index (κ1) is 14.4. The molecule has 3 rings (SSSR count). The van der Waals surface area contributed by atoms with Gasteiger partial charge < -0.3 is 9.80 Å². The fourth-order valence-corrected chi connectivity index (χ4v) is 3.40. The van der Waals surface area contributed by atoms with Crippen LogP contribution in [0.15, 0.2) is 24.3 Å². The lowest BCUT2D eigenvalue weighted by atomic mass is 10.0. The molecule has 2 aliphatic heterocycles. The van der Waals surface area contributed by atoms with Crippen LogP contribution in [0.4, 0.5) is 0 Å². The highest BCUT2D eigenvalue weighted by atomic mass is 35.5. The second-order valence-corrected chi connectivity index (χ2v) is 6.29. The van der Waals surface area contributed by atoms with Crippen molar-refractivity contribution in [1.82, 2.24) is 9.80 Å². The Balaban J connectivity index is 1.71. The Morgan fingerprint density at radius 2 is 2.05 bits per heavy atom. The van der Waals surface area contributed by atoms with Crippen molar-refractivity contribution >= 4 is 23.4 Å². The van der Waals surface area contributed by atoms with Crippen LogP contribution < -0.4 is 0 Å². The summed E-state index contributed by atoms with van der Waals surface area (Å²) in [6.45, 7) is 3.34. The van der Waals surface area contributed by atoms with Crippen molar-refractivity contribution in [3.8, 4) is 0 Å². The predicted octanol–water partition coefficient (Wildman–Crippen LogP) is 2.10. The van der Waals surface area contributed by atoms with E-state index in [4.69, 9.17) is 11.6 Å². The molecule has 2 amide bonds. The maximum atomic E-state index is 12.5. The minimum absolute atomic E-state index is 0.0183. The van der Waals surface area contributed by atoms with Crippen LogP contribution in [0, 0.1) is 0 Å². The Morgan fingerprint density at radius 3 is 2.76 bits per heavy atom. The van der Waals surface area contributed by atoms with Gasteiger partial charge in [-0.05, 0) is 37.5 Å². The summed E-state index contributed by atoms with van der Waals surface area (Å²) < 4.78 is 0. The highest BCUT2D eigenvalue weighted by molar-refractivity contribution is 6.30. The second-order valence-electron chi connectivity index (χ2n) is 5.85. The molecule has 2 saturated heterocycles. The highest BCUT2D eigenvalue weighted by Gasteiger charge is 2.41. The molecule has 2 atom stereocenters. The van der Waals surface area contributed by atoms with E-state index in [1.165, 1.54) is 0 Å². The molecular weight excluding hydrogens is 288 g/mol. The van der Waals surface area contributed by atoms with Gasteiger partial charge in [0.15, 0.2) is 0 Å². The first-order valence-electron chi connectivity index (χ1n) is 7.40. The third-order valence-electron chi connectivity index (χ3n) is 4.48. The van der Waals surface area contributed by atoms with Crippen molar-refractivity contribution < 1.29 is 9.59 Å². The third kappa shape index (κ3) is 2.77. The van der Waals surface area contributed by atoms with Crippen LogP contribution in [-0.2, 0) is 16.0 Å². The topological polar surface area (TPSA) is 40.6 Å². The van der Waals surface area contributed by atoms with Gasteiger partial charge >= 0.3 is 0 Å². The molecular formula is C16H19ClN2O2. The minimum Gasteiger partial charge on any atom is -0.336 e. The lowest BCUT2D eigenvalue weighted by Gasteiger charge is -2.41. The molecule has 0 saturated carbocycles. The molecule has 2 aliphatic rings. The number of rotatable bonds is 2. The van der Waals surface area contributed by atoms with Gasteiger partial charge in [0.2, 0.25) is 11.8 Å². The molecule has 5 heteroatoms. The van der Waals surface area contributed by atoms with Crippen molar-refractivity contribution in [3.05, 3.63) is 34.9 Å². The van der Waals surface area contributed by atoms with E-state index in [0.717, 1.165) is 24.9 Å². The Bertz CT molecular complexity index is 558.